The fourth-order valence-corrected chi connectivity index (χ4v) is 4.01. The first-order valence-corrected chi connectivity index (χ1v) is 8.46. The number of phenols is 1. The lowest BCUT2D eigenvalue weighted by Crippen LogP contribution is -2.15. The maximum atomic E-state index is 13.1. The van der Waals surface area contributed by atoms with Gasteiger partial charge in [0.2, 0.25) is 0 Å². The topological polar surface area (TPSA) is 46.5 Å². The maximum absolute atomic E-state index is 13.1. The molecule has 0 saturated heterocycles. The third-order valence-corrected chi connectivity index (χ3v) is 5.39. The summed E-state index contributed by atoms with van der Waals surface area (Å²) < 4.78 is 17.9. The Labute approximate surface area is 151 Å². The van der Waals surface area contributed by atoms with Crippen molar-refractivity contribution < 1.29 is 19.0 Å². The van der Waals surface area contributed by atoms with E-state index in [0.717, 1.165) is 27.6 Å². The Balaban J connectivity index is 2.09. The van der Waals surface area contributed by atoms with Crippen LogP contribution in [0.1, 0.15) is 40.9 Å². The van der Waals surface area contributed by atoms with Crippen molar-refractivity contribution in [3.63, 3.8) is 0 Å². The van der Waals surface area contributed by atoms with Gasteiger partial charge in [-0.1, -0.05) is 32.0 Å². The zero-order valence-corrected chi connectivity index (χ0v) is 14.9. The van der Waals surface area contributed by atoms with Gasteiger partial charge in [-0.25, -0.2) is 9.18 Å². The van der Waals surface area contributed by atoms with E-state index in [-0.39, 0.29) is 17.1 Å². The molecular formula is C22H19FO3. The molecule has 0 amide bonds. The Morgan fingerprint density at radius 1 is 1.08 bits per heavy atom. The van der Waals surface area contributed by atoms with Crippen molar-refractivity contribution in [1.82, 2.24) is 0 Å². The number of phenolic OH excluding ortho intramolecular Hbond substituents is 1. The number of hydrogen-bond acceptors (Lipinski definition) is 3. The first kappa shape index (κ1) is 16.6. The number of esters is 1. The zero-order chi connectivity index (χ0) is 18.6. The van der Waals surface area contributed by atoms with Gasteiger partial charge in [0.25, 0.3) is 0 Å². The summed E-state index contributed by atoms with van der Waals surface area (Å²) in [5.41, 5.74) is 4.70. The van der Waals surface area contributed by atoms with Crippen LogP contribution in [0.4, 0.5) is 4.39 Å². The van der Waals surface area contributed by atoms with Crippen molar-refractivity contribution in [2.45, 2.75) is 25.9 Å². The highest BCUT2D eigenvalue weighted by Gasteiger charge is 2.37. The predicted molar refractivity (Wildman–Crippen MR) is 99.3 cm³/mol. The van der Waals surface area contributed by atoms with Crippen molar-refractivity contribution in [2.24, 2.45) is 0 Å². The molecule has 3 nitrogen and oxygen atoms in total. The molecule has 0 heterocycles. The monoisotopic (exact) mass is 350 g/mol. The first-order chi connectivity index (χ1) is 12.4. The Bertz CT molecular complexity index is 1070. The fraction of sp³-hybridized carbons (Fsp3) is 0.227. The molecule has 0 radical (unpaired) electrons. The summed E-state index contributed by atoms with van der Waals surface area (Å²) in [4.78, 5) is 12.0. The summed E-state index contributed by atoms with van der Waals surface area (Å²) in [5.74, 6) is -0.245. The number of carbonyl (C=O) groups excluding carboxylic acids is 1. The Morgan fingerprint density at radius 3 is 2.54 bits per heavy atom. The summed E-state index contributed by atoms with van der Waals surface area (Å²) in [7, 11) is 1.36. The van der Waals surface area contributed by atoms with E-state index >= 15 is 0 Å². The lowest BCUT2D eigenvalue weighted by Gasteiger charge is -2.22. The fourth-order valence-electron chi connectivity index (χ4n) is 4.01. The highest BCUT2D eigenvalue weighted by Crippen LogP contribution is 2.53. The molecule has 0 fully saturated rings. The molecule has 1 N–H and O–H groups in total. The van der Waals surface area contributed by atoms with E-state index in [0.29, 0.717) is 16.5 Å². The molecule has 0 unspecified atom stereocenters. The second-order valence-electron chi connectivity index (χ2n) is 7.21. The molecule has 26 heavy (non-hydrogen) atoms. The van der Waals surface area contributed by atoms with Crippen LogP contribution in [0, 0.1) is 0 Å². The van der Waals surface area contributed by atoms with E-state index in [1.54, 1.807) is 24.3 Å². The second kappa shape index (κ2) is 5.56. The van der Waals surface area contributed by atoms with E-state index in [2.05, 4.69) is 13.8 Å². The van der Waals surface area contributed by atoms with Gasteiger partial charge in [0.15, 0.2) is 0 Å². The van der Waals surface area contributed by atoms with E-state index in [9.17, 15) is 14.3 Å². The zero-order valence-electron chi connectivity index (χ0n) is 14.9. The van der Waals surface area contributed by atoms with Gasteiger partial charge in [-0.15, -0.1) is 0 Å². The Kier molecular flexibility index (Phi) is 3.55. The molecule has 0 saturated carbocycles. The molecule has 4 heteroatoms. The predicted octanol–water partition coefficient (Wildman–Crippen LogP) is 5.11. The van der Waals surface area contributed by atoms with Gasteiger partial charge in [-0.05, 0) is 57.5 Å². The minimum atomic E-state index is -0.582. The lowest BCUT2D eigenvalue weighted by atomic mass is 9.81. The lowest BCUT2D eigenvalue weighted by molar-refractivity contribution is 0.0600. The molecule has 4 rings (SSSR count). The van der Waals surface area contributed by atoms with Gasteiger partial charge in [0.1, 0.15) is 12.4 Å². The summed E-state index contributed by atoms with van der Waals surface area (Å²) in [6.45, 7) is 3.61. The number of rotatable bonds is 2. The molecule has 0 aromatic heterocycles. The van der Waals surface area contributed by atoms with Gasteiger partial charge >= 0.3 is 5.97 Å². The molecule has 132 valence electrons. The molecule has 1 aliphatic rings. The van der Waals surface area contributed by atoms with Crippen molar-refractivity contribution in [2.75, 3.05) is 7.11 Å². The van der Waals surface area contributed by atoms with Crippen molar-refractivity contribution in [3.05, 3.63) is 64.7 Å². The summed E-state index contributed by atoms with van der Waals surface area (Å²) >= 11 is 0. The minimum absolute atomic E-state index is 0.142. The number of hydrogen-bond donors (Lipinski definition) is 1. The van der Waals surface area contributed by atoms with Crippen molar-refractivity contribution in [3.8, 4) is 16.9 Å². The highest BCUT2D eigenvalue weighted by atomic mass is 19.1. The Morgan fingerprint density at radius 2 is 1.85 bits per heavy atom. The van der Waals surface area contributed by atoms with Crippen LogP contribution in [-0.4, -0.2) is 18.2 Å². The average molecular weight is 350 g/mol. The average Bonchev–Trinajstić information content (AvgIpc) is 2.87. The van der Waals surface area contributed by atoms with Crippen LogP contribution in [0.2, 0.25) is 0 Å². The third-order valence-electron chi connectivity index (χ3n) is 5.39. The van der Waals surface area contributed by atoms with Gasteiger partial charge in [-0.2, -0.15) is 0 Å². The van der Waals surface area contributed by atoms with Gasteiger partial charge in [0, 0.05) is 10.8 Å². The smallest absolute Gasteiger partial charge is 0.337 e. The quantitative estimate of drug-likeness (QED) is 0.654. The first-order valence-electron chi connectivity index (χ1n) is 8.46. The van der Waals surface area contributed by atoms with Crippen LogP contribution in [0.25, 0.3) is 21.9 Å². The molecular weight excluding hydrogens is 331 g/mol. The van der Waals surface area contributed by atoms with E-state index < -0.39 is 6.67 Å². The molecule has 3 aromatic carbocycles. The van der Waals surface area contributed by atoms with Crippen LogP contribution >= 0.6 is 0 Å². The van der Waals surface area contributed by atoms with E-state index in [1.807, 2.05) is 18.2 Å². The van der Waals surface area contributed by atoms with Crippen LogP contribution in [0.5, 0.6) is 5.75 Å². The number of methoxy groups -OCH3 is 1. The van der Waals surface area contributed by atoms with Crippen LogP contribution in [0.15, 0.2) is 42.5 Å². The normalized spacial score (nSPS) is 14.2. The van der Waals surface area contributed by atoms with Crippen LogP contribution in [-0.2, 0) is 16.8 Å². The largest absolute Gasteiger partial charge is 0.507 e. The van der Waals surface area contributed by atoms with E-state index in [1.165, 1.54) is 7.11 Å². The third kappa shape index (κ3) is 2.15. The number of halogens is 1. The number of benzene rings is 3. The van der Waals surface area contributed by atoms with Gasteiger partial charge in [-0.3, -0.25) is 0 Å². The number of alkyl halides is 1. The van der Waals surface area contributed by atoms with Crippen molar-refractivity contribution >= 4 is 16.7 Å². The summed E-state index contributed by atoms with van der Waals surface area (Å²) in [6.07, 6.45) is 0. The van der Waals surface area contributed by atoms with Gasteiger partial charge in [0.05, 0.1) is 12.7 Å². The molecule has 0 atom stereocenters. The molecule has 0 aliphatic heterocycles. The van der Waals surface area contributed by atoms with Crippen LogP contribution < -0.4 is 0 Å². The van der Waals surface area contributed by atoms with E-state index in [4.69, 9.17) is 4.74 Å². The summed E-state index contributed by atoms with van der Waals surface area (Å²) in [6, 6.07) is 12.6. The highest BCUT2D eigenvalue weighted by molar-refractivity contribution is 6.06. The summed E-state index contributed by atoms with van der Waals surface area (Å²) in [5, 5.41) is 12.0. The van der Waals surface area contributed by atoms with Crippen LogP contribution in [0.3, 0.4) is 0 Å². The SMILES string of the molecule is COC(=O)c1ccc2c(c1)-c1c(cc(O)c3cc(CF)ccc13)C2(C)C. The minimum Gasteiger partial charge on any atom is -0.507 e. The number of aromatic hydroxyl groups is 1. The standard InChI is InChI=1S/C22H19FO3/c1-22(2)17-7-5-13(21(25)26-3)9-16(17)20-14-6-4-12(11-23)8-15(14)19(24)10-18(20)22/h4-10,24H,11H2,1-3H3. The molecule has 0 spiro atoms. The second-order valence-corrected chi connectivity index (χ2v) is 7.21. The maximum Gasteiger partial charge on any atom is 0.337 e. The molecule has 1 aliphatic carbocycles. The Hall–Kier alpha value is -2.88. The number of fused-ring (bicyclic) bond motifs is 5. The van der Waals surface area contributed by atoms with Crippen molar-refractivity contribution in [1.29, 1.82) is 0 Å². The number of ether oxygens (including phenoxy) is 1. The molecule has 3 aromatic rings. The number of carbonyl (C=O) groups is 1. The molecule has 0 bridgehead atoms. The van der Waals surface area contributed by atoms with Gasteiger partial charge < -0.3 is 9.84 Å².